The molecule has 3 heterocycles. The van der Waals surface area contributed by atoms with E-state index in [1.807, 2.05) is 12.1 Å². The van der Waals surface area contributed by atoms with E-state index in [-0.39, 0.29) is 29.4 Å². The average molecular weight is 627 g/mol. The predicted molar refractivity (Wildman–Crippen MR) is 158 cm³/mol. The molecule has 1 aliphatic heterocycles. The number of likely N-dealkylation sites (tertiary alicyclic amines) is 1. The Bertz CT molecular complexity index is 1690. The molecule has 1 saturated heterocycles. The number of benzene rings is 2. The average Bonchev–Trinajstić information content (AvgIpc) is 3.50. The number of nitrogens with zero attached hydrogens (tertiary/aromatic N) is 4. The molecule has 1 atom stereocenters. The number of ether oxygens (including phenoxy) is 2. The molecule has 1 aliphatic rings. The lowest BCUT2D eigenvalue weighted by molar-refractivity contribution is -0.153. The monoisotopic (exact) mass is 626 g/mol. The lowest BCUT2D eigenvalue weighted by Crippen LogP contribution is -2.42. The summed E-state index contributed by atoms with van der Waals surface area (Å²) in [5.41, 5.74) is 1.47. The summed E-state index contributed by atoms with van der Waals surface area (Å²) in [6.07, 6.45) is 0.356. The van der Waals surface area contributed by atoms with Gasteiger partial charge in [0.1, 0.15) is 36.3 Å². The molecule has 2 aromatic heterocycles. The Morgan fingerprint density at radius 2 is 1.93 bits per heavy atom. The summed E-state index contributed by atoms with van der Waals surface area (Å²) in [5.74, 6) is -0.516. The molecule has 0 radical (unpaired) electrons. The fourth-order valence-electron chi connectivity index (χ4n) is 4.66. The van der Waals surface area contributed by atoms with Gasteiger partial charge in [-0.2, -0.15) is 13.2 Å². The zero-order valence-corrected chi connectivity index (χ0v) is 23.9. The van der Waals surface area contributed by atoms with Gasteiger partial charge in [-0.1, -0.05) is 24.2 Å². The molecule has 4 aromatic rings. The van der Waals surface area contributed by atoms with E-state index in [0.29, 0.717) is 41.2 Å². The Morgan fingerprint density at radius 3 is 2.66 bits per heavy atom. The molecule has 44 heavy (non-hydrogen) atoms. The molecule has 228 valence electrons. The molecule has 14 heteroatoms. The lowest BCUT2D eigenvalue weighted by Gasteiger charge is -2.23. The highest BCUT2D eigenvalue weighted by atomic mass is 35.5. The topological polar surface area (TPSA) is 119 Å². The number of carbonyl (C=O) groups is 2. The first-order chi connectivity index (χ1) is 21.1. The molecular formula is C30H26ClF3N6O4. The first-order valence-corrected chi connectivity index (χ1v) is 13.8. The van der Waals surface area contributed by atoms with Crippen LogP contribution in [0.1, 0.15) is 18.5 Å². The summed E-state index contributed by atoms with van der Waals surface area (Å²) < 4.78 is 50.0. The van der Waals surface area contributed by atoms with Crippen molar-refractivity contribution in [3.63, 3.8) is 0 Å². The van der Waals surface area contributed by atoms with Crippen molar-refractivity contribution < 1.29 is 32.2 Å². The van der Waals surface area contributed by atoms with Gasteiger partial charge in [0.25, 0.3) is 0 Å². The highest BCUT2D eigenvalue weighted by Crippen LogP contribution is 2.36. The Balaban J connectivity index is 1.42. The van der Waals surface area contributed by atoms with Crippen molar-refractivity contribution in [2.75, 3.05) is 23.8 Å². The van der Waals surface area contributed by atoms with E-state index in [1.54, 1.807) is 30.5 Å². The van der Waals surface area contributed by atoms with Crippen molar-refractivity contribution in [3.05, 3.63) is 84.4 Å². The van der Waals surface area contributed by atoms with Gasteiger partial charge in [-0.15, -0.1) is 0 Å². The summed E-state index contributed by atoms with van der Waals surface area (Å²) in [5, 5.41) is 6.46. The van der Waals surface area contributed by atoms with Crippen LogP contribution in [0.15, 0.2) is 73.7 Å². The number of alkyl halides is 3. The number of aromatic nitrogens is 3. The number of fused-ring (bicyclic) bond motifs is 1. The Labute approximate surface area is 254 Å². The second-order valence-corrected chi connectivity index (χ2v) is 10.2. The van der Waals surface area contributed by atoms with Crippen LogP contribution in [0.3, 0.4) is 0 Å². The number of carbonyl (C=O) groups excluding carboxylic acids is 2. The summed E-state index contributed by atoms with van der Waals surface area (Å²) >= 11 is 6.45. The van der Waals surface area contributed by atoms with E-state index < -0.39 is 30.6 Å². The van der Waals surface area contributed by atoms with E-state index >= 15 is 0 Å². The van der Waals surface area contributed by atoms with Gasteiger partial charge in [-0.25, -0.2) is 9.97 Å². The number of hydrogen-bond acceptors (Lipinski definition) is 8. The maximum absolute atomic E-state index is 13.2. The smallest absolute Gasteiger partial charge is 0.422 e. The van der Waals surface area contributed by atoms with E-state index in [2.05, 4.69) is 32.2 Å². The fourth-order valence-corrected chi connectivity index (χ4v) is 4.90. The van der Waals surface area contributed by atoms with Crippen LogP contribution in [0.5, 0.6) is 11.5 Å². The molecule has 0 aliphatic carbocycles. The first kappa shape index (κ1) is 30.5. The molecule has 2 N–H and O–H groups in total. The molecule has 2 amide bonds. The highest BCUT2D eigenvalue weighted by molar-refractivity contribution is 6.32. The fraction of sp³-hybridized carbons (Fsp3) is 0.233. The minimum atomic E-state index is -4.62. The van der Waals surface area contributed by atoms with Gasteiger partial charge in [0.2, 0.25) is 11.8 Å². The van der Waals surface area contributed by atoms with Gasteiger partial charge in [-0.3, -0.25) is 14.6 Å². The Hall–Kier alpha value is -4.91. The minimum absolute atomic E-state index is 0.0428. The second kappa shape index (κ2) is 13.2. The third-order valence-electron chi connectivity index (χ3n) is 6.70. The molecule has 1 fully saturated rings. The summed E-state index contributed by atoms with van der Waals surface area (Å²) in [4.78, 5) is 39.5. The number of halogens is 4. The molecule has 5 rings (SSSR count). The van der Waals surface area contributed by atoms with Crippen molar-refractivity contribution in [2.24, 2.45) is 0 Å². The number of hydrogen-bond donors (Lipinski definition) is 2. The van der Waals surface area contributed by atoms with Crippen LogP contribution in [-0.4, -0.2) is 57.0 Å². The van der Waals surface area contributed by atoms with Gasteiger partial charge in [0, 0.05) is 29.9 Å². The predicted octanol–water partition coefficient (Wildman–Crippen LogP) is 6.06. The minimum Gasteiger partial charge on any atom is -0.486 e. The maximum Gasteiger partial charge on any atom is 0.422 e. The van der Waals surface area contributed by atoms with Crippen LogP contribution in [0, 0.1) is 0 Å². The molecular weight excluding hydrogens is 601 g/mol. The van der Waals surface area contributed by atoms with Gasteiger partial charge >= 0.3 is 6.18 Å². The van der Waals surface area contributed by atoms with Crippen LogP contribution in [0.25, 0.3) is 10.9 Å². The van der Waals surface area contributed by atoms with Crippen LogP contribution in [0.2, 0.25) is 5.02 Å². The third kappa shape index (κ3) is 7.35. The number of anilines is 3. The van der Waals surface area contributed by atoms with E-state index in [4.69, 9.17) is 21.1 Å². The summed E-state index contributed by atoms with van der Waals surface area (Å²) in [7, 11) is 0. The van der Waals surface area contributed by atoms with Gasteiger partial charge in [0.05, 0.1) is 21.9 Å². The van der Waals surface area contributed by atoms with Crippen LogP contribution < -0.4 is 20.1 Å². The van der Waals surface area contributed by atoms with Crippen LogP contribution >= 0.6 is 11.6 Å². The van der Waals surface area contributed by atoms with Gasteiger partial charge in [0.15, 0.2) is 6.61 Å². The Morgan fingerprint density at radius 1 is 1.09 bits per heavy atom. The molecule has 10 nitrogen and oxygen atoms in total. The van der Waals surface area contributed by atoms with E-state index in [1.165, 1.54) is 23.4 Å². The number of amides is 2. The quantitative estimate of drug-likeness (QED) is 0.204. The molecule has 0 saturated carbocycles. The van der Waals surface area contributed by atoms with E-state index in [0.717, 1.165) is 11.8 Å². The molecule has 2 aromatic carbocycles. The van der Waals surface area contributed by atoms with Crippen LogP contribution in [0.4, 0.5) is 30.4 Å². The van der Waals surface area contributed by atoms with Gasteiger partial charge in [-0.05, 0) is 55.3 Å². The highest BCUT2D eigenvalue weighted by Gasteiger charge is 2.34. The zero-order chi connectivity index (χ0) is 31.3. The summed E-state index contributed by atoms with van der Waals surface area (Å²) in [6.45, 7) is 2.45. The second-order valence-electron chi connectivity index (χ2n) is 9.75. The van der Waals surface area contributed by atoms with E-state index in [9.17, 15) is 22.8 Å². The standard InChI is InChI=1S/C30H26ClF3N6O4/c1-2-27(41)40-11-5-7-24(40)29(42)39-23-13-20-22(14-26(23)44-16-30(32,33)34)36-17-37-28(20)38-18-8-9-25(21(31)12-18)43-15-19-6-3-4-10-35-19/h2-4,6,8-10,12-14,17,24H,1,5,7,11,15-16H2,(H,39,42)(H,36,37,38)/t24-/m0/s1. The SMILES string of the molecule is C=CC(=O)N1CCC[C@H]1C(=O)Nc1cc2c(Nc3ccc(OCc4ccccn4)c(Cl)c3)ncnc2cc1OCC(F)(F)F. The Kier molecular flexibility index (Phi) is 9.14. The van der Waals surface area contributed by atoms with Crippen molar-refractivity contribution in [1.82, 2.24) is 19.9 Å². The molecule has 0 bridgehead atoms. The largest absolute Gasteiger partial charge is 0.486 e. The van der Waals surface area contributed by atoms with Crippen molar-refractivity contribution in [1.29, 1.82) is 0 Å². The normalized spacial score (nSPS) is 14.7. The molecule has 0 unspecified atom stereocenters. The maximum atomic E-state index is 13.2. The van der Waals surface area contributed by atoms with Crippen molar-refractivity contribution in [2.45, 2.75) is 31.7 Å². The van der Waals surface area contributed by atoms with Gasteiger partial charge < -0.3 is 25.0 Å². The first-order valence-electron chi connectivity index (χ1n) is 13.4. The number of rotatable bonds is 10. The number of pyridine rings is 1. The molecule has 0 spiro atoms. The van der Waals surface area contributed by atoms with Crippen molar-refractivity contribution in [3.8, 4) is 11.5 Å². The lowest BCUT2D eigenvalue weighted by atomic mass is 10.1. The third-order valence-corrected chi connectivity index (χ3v) is 6.99. The summed E-state index contributed by atoms with van der Waals surface area (Å²) in [6, 6.07) is 12.4. The zero-order valence-electron chi connectivity index (χ0n) is 23.1. The van der Waals surface area contributed by atoms with Crippen molar-refractivity contribution >= 4 is 51.5 Å². The van der Waals surface area contributed by atoms with Crippen LogP contribution in [-0.2, 0) is 16.2 Å². The number of nitrogens with one attached hydrogen (secondary N) is 2.